The lowest BCUT2D eigenvalue weighted by Crippen LogP contribution is -2.35. The number of hydrogen-bond acceptors (Lipinski definition) is 5. The molecule has 0 aliphatic rings. The Kier molecular flexibility index (Phi) is 2.77. The number of nitrogens with one attached hydrogen (secondary N) is 3. The smallest absolute Gasteiger partial charge is 0.357 e. The molecule has 0 bridgehead atoms. The van der Waals surface area contributed by atoms with Gasteiger partial charge in [0.05, 0.1) is 0 Å². The largest absolute Gasteiger partial charge is 0.364 e. The molecule has 0 saturated heterocycles. The van der Waals surface area contributed by atoms with Gasteiger partial charge in [-0.1, -0.05) is 0 Å². The van der Waals surface area contributed by atoms with Gasteiger partial charge in [-0.15, -0.1) is 5.10 Å². The Morgan fingerprint density at radius 1 is 1.53 bits per heavy atom. The molecule has 3 N–H and O–H groups in total. The maximum Gasteiger partial charge on any atom is 0.364 e. The number of H-pyrrole nitrogens is 1. The van der Waals surface area contributed by atoms with E-state index in [0.717, 1.165) is 4.52 Å². The first kappa shape index (κ1) is 11.1. The number of anilines is 1. The van der Waals surface area contributed by atoms with Crippen LogP contribution in [-0.2, 0) is 4.79 Å². The van der Waals surface area contributed by atoms with Crippen LogP contribution in [0.4, 0.5) is 5.82 Å². The van der Waals surface area contributed by atoms with Crippen LogP contribution in [0.1, 0.15) is 6.92 Å². The van der Waals surface area contributed by atoms with E-state index in [1.807, 2.05) is 0 Å². The van der Waals surface area contributed by atoms with Crippen molar-refractivity contribution in [3.8, 4) is 0 Å². The maximum atomic E-state index is 11.3. The lowest BCUT2D eigenvalue weighted by Gasteiger charge is -2.12. The first-order chi connectivity index (χ1) is 8.11. The second-order valence-corrected chi connectivity index (χ2v) is 3.50. The molecule has 90 valence electrons. The zero-order valence-electron chi connectivity index (χ0n) is 9.39. The summed E-state index contributed by atoms with van der Waals surface area (Å²) in [7, 11) is 1.55. The van der Waals surface area contributed by atoms with Gasteiger partial charge in [-0.3, -0.25) is 4.79 Å². The molecule has 1 amide bonds. The van der Waals surface area contributed by atoms with E-state index in [4.69, 9.17) is 0 Å². The summed E-state index contributed by atoms with van der Waals surface area (Å²) < 4.78 is 1.12. The van der Waals surface area contributed by atoms with Gasteiger partial charge in [-0.05, 0) is 19.1 Å². The molecule has 0 spiro atoms. The third-order valence-corrected chi connectivity index (χ3v) is 2.28. The van der Waals surface area contributed by atoms with Crippen LogP contribution in [0.25, 0.3) is 5.65 Å². The number of fused-ring (bicyclic) bond motifs is 1. The molecule has 0 aliphatic carbocycles. The summed E-state index contributed by atoms with van der Waals surface area (Å²) in [6.45, 7) is 1.70. The van der Waals surface area contributed by atoms with Crippen LogP contribution in [0.3, 0.4) is 0 Å². The summed E-state index contributed by atoms with van der Waals surface area (Å²) in [6.07, 6.45) is 0. The molecule has 1 atom stereocenters. The summed E-state index contributed by atoms with van der Waals surface area (Å²) in [4.78, 5) is 22.6. The number of rotatable bonds is 3. The van der Waals surface area contributed by atoms with Crippen molar-refractivity contribution in [2.75, 3.05) is 12.4 Å². The highest BCUT2D eigenvalue weighted by Gasteiger charge is 2.11. The zero-order valence-corrected chi connectivity index (χ0v) is 9.39. The van der Waals surface area contributed by atoms with E-state index < -0.39 is 11.7 Å². The van der Waals surface area contributed by atoms with Crippen LogP contribution in [-0.4, -0.2) is 38.8 Å². The fraction of sp³-hybridized carbons (Fsp3) is 0.333. The van der Waals surface area contributed by atoms with E-state index in [9.17, 15) is 9.59 Å². The van der Waals surface area contributed by atoms with Crippen LogP contribution in [0.2, 0.25) is 0 Å². The van der Waals surface area contributed by atoms with Crippen molar-refractivity contribution in [1.82, 2.24) is 25.1 Å². The minimum Gasteiger partial charge on any atom is -0.357 e. The monoisotopic (exact) mass is 236 g/mol. The van der Waals surface area contributed by atoms with Crippen molar-refractivity contribution < 1.29 is 4.79 Å². The summed E-state index contributed by atoms with van der Waals surface area (Å²) in [5.74, 6) is 0.267. The Balaban J connectivity index is 2.27. The SMILES string of the molecule is CNC(=O)C(C)Nc1ccc2n[nH]c(=O)n2n1. The molecule has 0 radical (unpaired) electrons. The molecule has 2 aromatic heterocycles. The Labute approximate surface area is 96.0 Å². The van der Waals surface area contributed by atoms with E-state index in [0.29, 0.717) is 11.5 Å². The minimum absolute atomic E-state index is 0.161. The fourth-order valence-corrected chi connectivity index (χ4v) is 1.38. The van der Waals surface area contributed by atoms with Gasteiger partial charge in [0.2, 0.25) is 5.91 Å². The first-order valence-corrected chi connectivity index (χ1v) is 5.04. The van der Waals surface area contributed by atoms with E-state index in [1.165, 1.54) is 0 Å². The van der Waals surface area contributed by atoms with Crippen LogP contribution in [0.5, 0.6) is 0 Å². The molecular weight excluding hydrogens is 224 g/mol. The summed E-state index contributed by atoms with van der Waals surface area (Å²) in [5, 5.41) is 15.4. The number of aromatic amines is 1. The molecule has 0 fully saturated rings. The van der Waals surface area contributed by atoms with Crippen LogP contribution in [0, 0.1) is 0 Å². The molecule has 8 heteroatoms. The number of hydrogen-bond donors (Lipinski definition) is 3. The molecule has 0 saturated carbocycles. The topological polar surface area (TPSA) is 104 Å². The highest BCUT2D eigenvalue weighted by atomic mass is 16.2. The molecule has 17 heavy (non-hydrogen) atoms. The average molecular weight is 236 g/mol. The van der Waals surface area contributed by atoms with Crippen molar-refractivity contribution in [2.24, 2.45) is 0 Å². The zero-order chi connectivity index (χ0) is 12.4. The van der Waals surface area contributed by atoms with Gasteiger partial charge >= 0.3 is 5.69 Å². The number of amides is 1. The Bertz CT molecular complexity index is 601. The molecule has 8 nitrogen and oxygen atoms in total. The van der Waals surface area contributed by atoms with Crippen LogP contribution < -0.4 is 16.3 Å². The quantitative estimate of drug-likeness (QED) is 0.631. The third-order valence-electron chi connectivity index (χ3n) is 2.28. The van der Waals surface area contributed by atoms with Gasteiger partial charge in [-0.2, -0.15) is 9.61 Å². The fourth-order valence-electron chi connectivity index (χ4n) is 1.38. The van der Waals surface area contributed by atoms with Gasteiger partial charge in [0.15, 0.2) is 5.65 Å². The standard InChI is InChI=1S/C9H12N6O2/c1-5(8(16)10-2)11-6-3-4-7-12-13-9(17)15(7)14-6/h3-5H,1-2H3,(H,10,16)(H,11,14)(H,13,17). The minimum atomic E-state index is -0.437. The Hall–Kier alpha value is -2.38. The second kappa shape index (κ2) is 4.24. The van der Waals surface area contributed by atoms with Crippen molar-refractivity contribution in [2.45, 2.75) is 13.0 Å². The number of likely N-dealkylation sites (N-methyl/N-ethyl adjacent to an activating group) is 1. The van der Waals surface area contributed by atoms with E-state index in [-0.39, 0.29) is 5.91 Å². The lowest BCUT2D eigenvalue weighted by atomic mass is 10.3. The number of nitrogens with zero attached hydrogens (tertiary/aromatic N) is 3. The maximum absolute atomic E-state index is 11.3. The van der Waals surface area contributed by atoms with Gasteiger partial charge < -0.3 is 10.6 Å². The third kappa shape index (κ3) is 2.10. The molecule has 2 heterocycles. The van der Waals surface area contributed by atoms with Crippen molar-refractivity contribution in [3.63, 3.8) is 0 Å². The first-order valence-electron chi connectivity index (χ1n) is 5.04. The average Bonchev–Trinajstić information content (AvgIpc) is 2.70. The van der Waals surface area contributed by atoms with Gasteiger partial charge in [0.1, 0.15) is 11.9 Å². The number of aromatic nitrogens is 4. The molecule has 0 aliphatic heterocycles. The van der Waals surface area contributed by atoms with Crippen LogP contribution in [0.15, 0.2) is 16.9 Å². The highest BCUT2D eigenvalue weighted by molar-refractivity contribution is 5.83. The summed E-state index contributed by atoms with van der Waals surface area (Å²) in [5.41, 5.74) is 0.00407. The second-order valence-electron chi connectivity index (χ2n) is 3.50. The Morgan fingerprint density at radius 2 is 2.29 bits per heavy atom. The van der Waals surface area contributed by atoms with E-state index >= 15 is 0 Å². The van der Waals surface area contributed by atoms with Crippen LogP contribution >= 0.6 is 0 Å². The molecular formula is C9H12N6O2. The number of carbonyl (C=O) groups excluding carboxylic acids is 1. The highest BCUT2D eigenvalue weighted by Crippen LogP contribution is 2.04. The predicted molar refractivity (Wildman–Crippen MR) is 60.8 cm³/mol. The van der Waals surface area contributed by atoms with Gasteiger partial charge in [-0.25, -0.2) is 9.89 Å². The normalized spacial score (nSPS) is 12.4. The molecule has 2 aromatic rings. The van der Waals surface area contributed by atoms with Crippen molar-refractivity contribution in [1.29, 1.82) is 0 Å². The molecule has 0 aromatic carbocycles. The summed E-state index contributed by atoms with van der Waals surface area (Å²) in [6, 6.07) is 2.84. The van der Waals surface area contributed by atoms with E-state index in [2.05, 4.69) is 25.9 Å². The lowest BCUT2D eigenvalue weighted by molar-refractivity contribution is -0.121. The molecule has 1 unspecified atom stereocenters. The van der Waals surface area contributed by atoms with Crippen molar-refractivity contribution in [3.05, 3.63) is 22.6 Å². The van der Waals surface area contributed by atoms with Crippen molar-refractivity contribution >= 4 is 17.4 Å². The van der Waals surface area contributed by atoms with Gasteiger partial charge in [0, 0.05) is 7.05 Å². The van der Waals surface area contributed by atoms with E-state index in [1.54, 1.807) is 26.1 Å². The summed E-state index contributed by atoms with van der Waals surface area (Å²) >= 11 is 0. The molecule has 2 rings (SSSR count). The Morgan fingerprint density at radius 3 is 3.00 bits per heavy atom. The van der Waals surface area contributed by atoms with Gasteiger partial charge in [0.25, 0.3) is 0 Å². The predicted octanol–water partition coefficient (Wildman–Crippen LogP) is -1.04. The number of carbonyl (C=O) groups is 1.